The van der Waals surface area contributed by atoms with Crippen LogP contribution >= 0.6 is 0 Å². The van der Waals surface area contributed by atoms with E-state index in [4.69, 9.17) is 5.11 Å². The van der Waals surface area contributed by atoms with Gasteiger partial charge in [-0.2, -0.15) is 5.10 Å². The van der Waals surface area contributed by atoms with Crippen LogP contribution < -0.4 is 0 Å². The Morgan fingerprint density at radius 3 is 2.67 bits per heavy atom. The second-order valence-corrected chi connectivity index (χ2v) is 3.70. The van der Waals surface area contributed by atoms with Crippen molar-refractivity contribution in [2.24, 2.45) is 0 Å². The maximum absolute atomic E-state index is 12.8. The number of aromatic carboxylic acids is 1. The van der Waals surface area contributed by atoms with E-state index < -0.39 is 5.97 Å². The minimum absolute atomic E-state index is 0.0780. The standard InChI is InChI=1S/C13H11FN2O2/c1-2-7-16-12(13(17)18)8-11(15-16)9-3-5-10(14)6-4-9/h2-6,8H,1,7H2,(H,17,18). The molecule has 0 radical (unpaired) electrons. The maximum atomic E-state index is 12.8. The van der Waals surface area contributed by atoms with Crippen LogP contribution in [0, 0.1) is 5.82 Å². The lowest BCUT2D eigenvalue weighted by Gasteiger charge is -1.98. The van der Waals surface area contributed by atoms with E-state index in [-0.39, 0.29) is 11.5 Å². The van der Waals surface area contributed by atoms with Gasteiger partial charge in [0.15, 0.2) is 0 Å². The second kappa shape index (κ2) is 4.83. The molecule has 0 fully saturated rings. The lowest BCUT2D eigenvalue weighted by atomic mass is 10.1. The Morgan fingerprint density at radius 1 is 1.44 bits per heavy atom. The number of rotatable bonds is 4. The minimum atomic E-state index is -1.06. The molecule has 0 atom stereocenters. The topological polar surface area (TPSA) is 55.1 Å². The monoisotopic (exact) mass is 246 g/mol. The van der Waals surface area contributed by atoms with Crippen molar-refractivity contribution in [3.05, 3.63) is 54.5 Å². The maximum Gasteiger partial charge on any atom is 0.354 e. The summed E-state index contributed by atoms with van der Waals surface area (Å²) in [5.41, 5.74) is 1.24. The molecule has 0 spiro atoms. The van der Waals surface area contributed by atoms with Crippen LogP contribution in [-0.2, 0) is 6.54 Å². The van der Waals surface area contributed by atoms with Crippen molar-refractivity contribution in [3.63, 3.8) is 0 Å². The lowest BCUT2D eigenvalue weighted by Crippen LogP contribution is -2.08. The summed E-state index contributed by atoms with van der Waals surface area (Å²) < 4.78 is 14.1. The number of carboxylic acid groups (broad SMARTS) is 1. The highest BCUT2D eigenvalue weighted by molar-refractivity contribution is 5.87. The highest BCUT2D eigenvalue weighted by atomic mass is 19.1. The Bertz CT molecular complexity index is 588. The van der Waals surface area contributed by atoms with Gasteiger partial charge in [0.25, 0.3) is 0 Å². The molecule has 92 valence electrons. The molecule has 4 nitrogen and oxygen atoms in total. The van der Waals surface area contributed by atoms with Gasteiger partial charge in [0, 0.05) is 5.56 Å². The molecule has 0 amide bonds. The largest absolute Gasteiger partial charge is 0.477 e. The van der Waals surface area contributed by atoms with Gasteiger partial charge in [0.1, 0.15) is 11.5 Å². The van der Waals surface area contributed by atoms with Gasteiger partial charge in [-0.25, -0.2) is 9.18 Å². The summed E-state index contributed by atoms with van der Waals surface area (Å²) in [4.78, 5) is 11.0. The smallest absolute Gasteiger partial charge is 0.354 e. The Hall–Kier alpha value is -2.43. The Morgan fingerprint density at radius 2 is 2.11 bits per heavy atom. The van der Waals surface area contributed by atoms with E-state index in [1.807, 2.05) is 0 Å². The van der Waals surface area contributed by atoms with Crippen molar-refractivity contribution in [2.75, 3.05) is 0 Å². The molecule has 0 unspecified atom stereocenters. The number of carbonyl (C=O) groups is 1. The number of hydrogen-bond donors (Lipinski definition) is 1. The van der Waals surface area contributed by atoms with Crippen molar-refractivity contribution in [3.8, 4) is 11.3 Å². The quantitative estimate of drug-likeness (QED) is 0.843. The van der Waals surface area contributed by atoms with E-state index in [1.165, 1.54) is 22.9 Å². The molecule has 0 aliphatic rings. The molecule has 0 aliphatic carbocycles. The van der Waals surface area contributed by atoms with Crippen LogP contribution in [0.15, 0.2) is 43.0 Å². The van der Waals surface area contributed by atoms with Crippen LogP contribution in [0.4, 0.5) is 4.39 Å². The van der Waals surface area contributed by atoms with Crippen LogP contribution in [0.3, 0.4) is 0 Å². The summed E-state index contributed by atoms with van der Waals surface area (Å²) in [6.45, 7) is 3.86. The van der Waals surface area contributed by atoms with Crippen LogP contribution in [0.2, 0.25) is 0 Å². The molecule has 0 aliphatic heterocycles. The third kappa shape index (κ3) is 2.29. The van der Waals surface area contributed by atoms with Crippen molar-refractivity contribution < 1.29 is 14.3 Å². The zero-order valence-corrected chi connectivity index (χ0v) is 9.51. The van der Waals surface area contributed by atoms with E-state index in [9.17, 15) is 9.18 Å². The van der Waals surface area contributed by atoms with Crippen molar-refractivity contribution >= 4 is 5.97 Å². The number of benzene rings is 1. The van der Waals surface area contributed by atoms with Gasteiger partial charge in [0.05, 0.1) is 12.2 Å². The van der Waals surface area contributed by atoms with Gasteiger partial charge in [0.2, 0.25) is 0 Å². The van der Waals surface area contributed by atoms with Gasteiger partial charge in [-0.15, -0.1) is 6.58 Å². The van der Waals surface area contributed by atoms with Crippen LogP contribution in [0.5, 0.6) is 0 Å². The number of allylic oxidation sites excluding steroid dienone is 1. The van der Waals surface area contributed by atoms with E-state index in [0.29, 0.717) is 17.8 Å². The fourth-order valence-electron chi connectivity index (χ4n) is 1.61. The summed E-state index contributed by atoms with van der Waals surface area (Å²) in [6, 6.07) is 7.19. The summed E-state index contributed by atoms with van der Waals surface area (Å²) in [6.07, 6.45) is 1.56. The molecule has 1 aromatic carbocycles. The summed E-state index contributed by atoms with van der Waals surface area (Å²) in [7, 11) is 0. The number of halogens is 1. The predicted octanol–water partition coefficient (Wildman–Crippen LogP) is 2.57. The molecule has 1 aromatic heterocycles. The highest BCUT2D eigenvalue weighted by Gasteiger charge is 2.14. The fraction of sp³-hybridized carbons (Fsp3) is 0.0769. The lowest BCUT2D eigenvalue weighted by molar-refractivity contribution is 0.0684. The number of carboxylic acids is 1. The third-order valence-electron chi connectivity index (χ3n) is 2.44. The van der Waals surface area contributed by atoms with Gasteiger partial charge < -0.3 is 5.11 Å². The van der Waals surface area contributed by atoms with E-state index in [2.05, 4.69) is 11.7 Å². The van der Waals surface area contributed by atoms with Crippen LogP contribution in [0.25, 0.3) is 11.3 Å². The summed E-state index contributed by atoms with van der Waals surface area (Å²) in [5.74, 6) is -1.40. The Kier molecular flexibility index (Phi) is 3.23. The molecule has 1 N–H and O–H groups in total. The van der Waals surface area contributed by atoms with Crippen LogP contribution in [0.1, 0.15) is 10.5 Å². The first-order valence-electron chi connectivity index (χ1n) is 5.30. The van der Waals surface area contributed by atoms with Gasteiger partial charge in [-0.1, -0.05) is 6.08 Å². The third-order valence-corrected chi connectivity index (χ3v) is 2.44. The highest BCUT2D eigenvalue weighted by Crippen LogP contribution is 2.19. The zero-order chi connectivity index (χ0) is 13.1. The van der Waals surface area contributed by atoms with Gasteiger partial charge in [-0.3, -0.25) is 4.68 Å². The summed E-state index contributed by atoms with van der Waals surface area (Å²) >= 11 is 0. The molecule has 0 saturated heterocycles. The molecular formula is C13H11FN2O2. The van der Waals surface area contributed by atoms with Gasteiger partial charge in [-0.05, 0) is 30.3 Å². The molecule has 5 heteroatoms. The van der Waals surface area contributed by atoms with E-state index in [1.54, 1.807) is 18.2 Å². The molecular weight excluding hydrogens is 235 g/mol. The predicted molar refractivity (Wildman–Crippen MR) is 64.8 cm³/mol. The molecule has 0 saturated carbocycles. The van der Waals surface area contributed by atoms with Crippen molar-refractivity contribution in [1.82, 2.24) is 9.78 Å². The minimum Gasteiger partial charge on any atom is -0.477 e. The van der Waals surface area contributed by atoms with Gasteiger partial charge >= 0.3 is 5.97 Å². The molecule has 2 rings (SSSR count). The zero-order valence-electron chi connectivity index (χ0n) is 9.51. The average molecular weight is 246 g/mol. The normalized spacial score (nSPS) is 10.3. The SMILES string of the molecule is C=CCn1nc(-c2ccc(F)cc2)cc1C(=O)O. The summed E-state index contributed by atoms with van der Waals surface area (Å²) in [5, 5.41) is 13.2. The average Bonchev–Trinajstić information content (AvgIpc) is 2.75. The number of nitrogens with zero attached hydrogens (tertiary/aromatic N) is 2. The molecule has 1 heterocycles. The fourth-order valence-corrected chi connectivity index (χ4v) is 1.61. The molecule has 18 heavy (non-hydrogen) atoms. The first kappa shape index (κ1) is 12.0. The molecule has 2 aromatic rings. The second-order valence-electron chi connectivity index (χ2n) is 3.70. The molecule has 0 bridgehead atoms. The number of hydrogen-bond acceptors (Lipinski definition) is 2. The van der Waals surface area contributed by atoms with E-state index in [0.717, 1.165) is 0 Å². The van der Waals surface area contributed by atoms with Crippen LogP contribution in [-0.4, -0.2) is 20.9 Å². The first-order valence-corrected chi connectivity index (χ1v) is 5.30. The first-order chi connectivity index (χ1) is 8.61. The Labute approximate surface area is 103 Å². The Balaban J connectivity index is 2.45. The number of aromatic nitrogens is 2. The van der Waals surface area contributed by atoms with E-state index >= 15 is 0 Å². The van der Waals surface area contributed by atoms with Crippen molar-refractivity contribution in [1.29, 1.82) is 0 Å². The van der Waals surface area contributed by atoms with Crippen molar-refractivity contribution in [2.45, 2.75) is 6.54 Å².